The van der Waals surface area contributed by atoms with E-state index in [0.717, 1.165) is 25.3 Å². The van der Waals surface area contributed by atoms with Crippen molar-refractivity contribution >= 4 is 0 Å². The molecule has 13 heavy (non-hydrogen) atoms. The van der Waals surface area contributed by atoms with Crippen LogP contribution in [0.2, 0.25) is 0 Å². The first-order chi connectivity index (χ1) is 6.18. The van der Waals surface area contributed by atoms with Crippen molar-refractivity contribution in [2.75, 3.05) is 6.54 Å². The summed E-state index contributed by atoms with van der Waals surface area (Å²) in [4.78, 5) is 4.12. The average Bonchev–Trinajstić information content (AvgIpc) is 2.45. The van der Waals surface area contributed by atoms with Crippen molar-refractivity contribution in [1.82, 2.24) is 15.5 Å². The summed E-state index contributed by atoms with van der Waals surface area (Å²) in [6.07, 6.45) is 1.90. The summed E-state index contributed by atoms with van der Waals surface area (Å²) in [7, 11) is 0. The van der Waals surface area contributed by atoms with E-state index in [1.807, 2.05) is 6.92 Å². The molecule has 74 valence electrons. The second-order valence-electron chi connectivity index (χ2n) is 3.45. The van der Waals surface area contributed by atoms with Crippen LogP contribution in [-0.2, 0) is 6.42 Å². The first-order valence-corrected chi connectivity index (χ1v) is 4.71. The smallest absolute Gasteiger partial charge is 0.226 e. The summed E-state index contributed by atoms with van der Waals surface area (Å²) < 4.78 is 4.98. The highest BCUT2D eigenvalue weighted by atomic mass is 16.5. The van der Waals surface area contributed by atoms with E-state index in [1.54, 1.807) is 0 Å². The number of nitrogens with zero attached hydrogens (tertiary/aromatic N) is 2. The highest BCUT2D eigenvalue weighted by Crippen LogP contribution is 1.99. The van der Waals surface area contributed by atoms with Crippen molar-refractivity contribution in [1.29, 1.82) is 0 Å². The number of aryl methyl sites for hydroxylation is 2. The van der Waals surface area contributed by atoms with Crippen LogP contribution < -0.4 is 5.32 Å². The Morgan fingerprint density at radius 3 is 2.77 bits per heavy atom. The molecule has 0 spiro atoms. The molecule has 0 aliphatic heterocycles. The first kappa shape index (κ1) is 10.2. The van der Waals surface area contributed by atoms with Gasteiger partial charge in [0.05, 0.1) is 0 Å². The van der Waals surface area contributed by atoms with Gasteiger partial charge in [-0.05, 0) is 19.9 Å². The zero-order valence-corrected chi connectivity index (χ0v) is 8.50. The predicted molar refractivity (Wildman–Crippen MR) is 50.5 cm³/mol. The van der Waals surface area contributed by atoms with Crippen LogP contribution in [0.5, 0.6) is 0 Å². The van der Waals surface area contributed by atoms with Gasteiger partial charge in [0.2, 0.25) is 5.89 Å². The van der Waals surface area contributed by atoms with Crippen molar-refractivity contribution in [3.63, 3.8) is 0 Å². The zero-order valence-electron chi connectivity index (χ0n) is 8.50. The van der Waals surface area contributed by atoms with Gasteiger partial charge < -0.3 is 9.84 Å². The molecule has 0 amide bonds. The van der Waals surface area contributed by atoms with Crippen LogP contribution in [-0.4, -0.2) is 22.7 Å². The topological polar surface area (TPSA) is 51.0 Å². The SMILES string of the molecule is Cc1noc(CCCNC(C)C)n1. The summed E-state index contributed by atoms with van der Waals surface area (Å²) in [5.41, 5.74) is 0. The lowest BCUT2D eigenvalue weighted by molar-refractivity contribution is 0.370. The van der Waals surface area contributed by atoms with Gasteiger partial charge in [-0.15, -0.1) is 0 Å². The van der Waals surface area contributed by atoms with E-state index in [1.165, 1.54) is 0 Å². The van der Waals surface area contributed by atoms with Gasteiger partial charge in [0.1, 0.15) is 0 Å². The molecule has 0 aliphatic rings. The van der Waals surface area contributed by atoms with Crippen LogP contribution in [0.4, 0.5) is 0 Å². The molecule has 0 radical (unpaired) electrons. The van der Waals surface area contributed by atoms with Gasteiger partial charge in [-0.1, -0.05) is 19.0 Å². The summed E-state index contributed by atoms with van der Waals surface area (Å²) in [5.74, 6) is 1.45. The van der Waals surface area contributed by atoms with E-state index in [9.17, 15) is 0 Å². The first-order valence-electron chi connectivity index (χ1n) is 4.71. The van der Waals surface area contributed by atoms with Gasteiger partial charge in [0.25, 0.3) is 0 Å². The molecular weight excluding hydrogens is 166 g/mol. The van der Waals surface area contributed by atoms with E-state index >= 15 is 0 Å². The van der Waals surface area contributed by atoms with Gasteiger partial charge in [0, 0.05) is 12.5 Å². The number of nitrogens with one attached hydrogen (secondary N) is 1. The van der Waals surface area contributed by atoms with Crippen molar-refractivity contribution < 1.29 is 4.52 Å². The Kier molecular flexibility index (Phi) is 3.89. The van der Waals surface area contributed by atoms with Gasteiger partial charge in [-0.3, -0.25) is 0 Å². The molecule has 1 aromatic rings. The third-order valence-electron chi connectivity index (χ3n) is 1.69. The van der Waals surface area contributed by atoms with Crippen LogP contribution >= 0.6 is 0 Å². The Hall–Kier alpha value is -0.900. The minimum atomic E-state index is 0.546. The van der Waals surface area contributed by atoms with Crippen LogP contribution in [0.3, 0.4) is 0 Å². The fourth-order valence-electron chi connectivity index (χ4n) is 1.07. The predicted octanol–water partition coefficient (Wildman–Crippen LogP) is 1.31. The normalized spacial score (nSPS) is 11.1. The Morgan fingerprint density at radius 2 is 2.23 bits per heavy atom. The fourth-order valence-corrected chi connectivity index (χ4v) is 1.07. The molecule has 0 bridgehead atoms. The third kappa shape index (κ3) is 4.03. The highest BCUT2D eigenvalue weighted by molar-refractivity contribution is 4.82. The molecule has 0 saturated carbocycles. The summed E-state index contributed by atoms with van der Waals surface area (Å²) >= 11 is 0. The largest absolute Gasteiger partial charge is 0.339 e. The molecule has 0 aromatic carbocycles. The van der Waals surface area contributed by atoms with E-state index in [0.29, 0.717) is 11.9 Å². The maximum absolute atomic E-state index is 4.98. The Morgan fingerprint density at radius 1 is 1.46 bits per heavy atom. The number of aromatic nitrogens is 2. The molecule has 0 saturated heterocycles. The molecule has 4 heteroatoms. The van der Waals surface area contributed by atoms with Crippen molar-refractivity contribution in [3.8, 4) is 0 Å². The number of hydrogen-bond acceptors (Lipinski definition) is 4. The third-order valence-corrected chi connectivity index (χ3v) is 1.69. The zero-order chi connectivity index (χ0) is 9.68. The van der Waals surface area contributed by atoms with Gasteiger partial charge in [-0.25, -0.2) is 0 Å². The lowest BCUT2D eigenvalue weighted by Crippen LogP contribution is -2.23. The molecular formula is C9H17N3O. The molecule has 0 unspecified atom stereocenters. The second-order valence-corrected chi connectivity index (χ2v) is 3.45. The molecule has 0 aliphatic carbocycles. The average molecular weight is 183 g/mol. The second kappa shape index (κ2) is 4.97. The molecule has 0 fully saturated rings. The Balaban J connectivity index is 2.13. The molecule has 0 atom stereocenters. The van der Waals surface area contributed by atoms with E-state index < -0.39 is 0 Å². The van der Waals surface area contributed by atoms with E-state index in [-0.39, 0.29) is 0 Å². The maximum atomic E-state index is 4.98. The monoisotopic (exact) mass is 183 g/mol. The fraction of sp³-hybridized carbons (Fsp3) is 0.778. The molecule has 4 nitrogen and oxygen atoms in total. The van der Waals surface area contributed by atoms with E-state index in [4.69, 9.17) is 4.52 Å². The van der Waals surface area contributed by atoms with Crippen LogP contribution in [0.25, 0.3) is 0 Å². The quantitative estimate of drug-likeness (QED) is 0.699. The van der Waals surface area contributed by atoms with Gasteiger partial charge in [-0.2, -0.15) is 4.98 Å². The number of rotatable bonds is 5. The van der Waals surface area contributed by atoms with Crippen molar-refractivity contribution in [3.05, 3.63) is 11.7 Å². The standard InChI is InChI=1S/C9H17N3O/c1-7(2)10-6-4-5-9-11-8(3)12-13-9/h7,10H,4-6H2,1-3H3. The van der Waals surface area contributed by atoms with Crippen LogP contribution in [0.15, 0.2) is 4.52 Å². The van der Waals surface area contributed by atoms with Crippen molar-refractivity contribution in [2.24, 2.45) is 0 Å². The maximum Gasteiger partial charge on any atom is 0.226 e. The van der Waals surface area contributed by atoms with Crippen molar-refractivity contribution in [2.45, 2.75) is 39.7 Å². The number of hydrogen-bond donors (Lipinski definition) is 1. The van der Waals surface area contributed by atoms with Gasteiger partial charge >= 0.3 is 0 Å². The van der Waals surface area contributed by atoms with Crippen LogP contribution in [0.1, 0.15) is 32.0 Å². The molecule has 1 aromatic heterocycles. The molecule has 1 N–H and O–H groups in total. The molecule has 1 rings (SSSR count). The molecule has 1 heterocycles. The lowest BCUT2D eigenvalue weighted by Gasteiger charge is -2.05. The minimum Gasteiger partial charge on any atom is -0.339 e. The van der Waals surface area contributed by atoms with Gasteiger partial charge in [0.15, 0.2) is 5.82 Å². The van der Waals surface area contributed by atoms with E-state index in [2.05, 4.69) is 29.3 Å². The summed E-state index contributed by atoms with van der Waals surface area (Å²) in [6, 6.07) is 0.546. The minimum absolute atomic E-state index is 0.546. The highest BCUT2D eigenvalue weighted by Gasteiger charge is 2.01. The lowest BCUT2D eigenvalue weighted by atomic mass is 10.3. The summed E-state index contributed by atoms with van der Waals surface area (Å²) in [5, 5.41) is 7.06. The van der Waals surface area contributed by atoms with Crippen LogP contribution in [0, 0.1) is 6.92 Å². The summed E-state index contributed by atoms with van der Waals surface area (Å²) in [6.45, 7) is 7.10. The Labute approximate surface area is 78.7 Å². The Bertz CT molecular complexity index is 245.